The number of ether oxygens (including phenoxy) is 1. The van der Waals surface area contributed by atoms with Crippen molar-refractivity contribution in [2.45, 2.75) is 6.61 Å². The molecule has 22 heavy (non-hydrogen) atoms. The molecule has 0 unspecified atom stereocenters. The zero-order valence-corrected chi connectivity index (χ0v) is 11.9. The van der Waals surface area contributed by atoms with E-state index in [1.54, 1.807) is 18.3 Å². The molecular formula is C19H14NO2. The fourth-order valence-electron chi connectivity index (χ4n) is 2.10. The van der Waals surface area contributed by atoms with Crippen LogP contribution in [0.4, 0.5) is 0 Å². The third kappa shape index (κ3) is 3.38. The maximum atomic E-state index is 10.5. The number of aromatic nitrogens is 1. The van der Waals surface area contributed by atoms with Crippen LogP contribution in [0.2, 0.25) is 0 Å². The molecule has 1 heterocycles. The van der Waals surface area contributed by atoms with Gasteiger partial charge in [0.2, 0.25) is 12.2 Å². The molecule has 3 aromatic rings. The molecule has 0 amide bonds. The van der Waals surface area contributed by atoms with Crippen LogP contribution in [0, 0.1) is 0 Å². The number of hydrogen-bond donors (Lipinski definition) is 0. The van der Waals surface area contributed by atoms with Crippen LogP contribution in [0.15, 0.2) is 72.9 Å². The molecule has 1 radical (unpaired) electrons. The fourth-order valence-corrected chi connectivity index (χ4v) is 2.10. The Bertz CT molecular complexity index is 735. The summed E-state index contributed by atoms with van der Waals surface area (Å²) in [4.78, 5) is 14.8. The number of rotatable bonds is 5. The number of pyridine rings is 1. The van der Waals surface area contributed by atoms with Gasteiger partial charge in [-0.2, -0.15) is 0 Å². The number of nitrogens with zero attached hydrogens (tertiary/aromatic N) is 1. The third-order valence-electron chi connectivity index (χ3n) is 3.30. The van der Waals surface area contributed by atoms with Gasteiger partial charge in [-0.15, -0.1) is 0 Å². The van der Waals surface area contributed by atoms with E-state index in [-0.39, 0.29) is 0 Å². The minimum Gasteiger partial charge on any atom is -0.473 e. The highest BCUT2D eigenvalue weighted by molar-refractivity contribution is 5.77. The molecular weight excluding hydrogens is 274 g/mol. The van der Waals surface area contributed by atoms with Gasteiger partial charge in [-0.1, -0.05) is 54.6 Å². The molecule has 0 atom stereocenters. The Morgan fingerprint density at radius 1 is 0.864 bits per heavy atom. The van der Waals surface area contributed by atoms with Crippen LogP contribution in [-0.2, 0) is 11.4 Å². The van der Waals surface area contributed by atoms with Crippen molar-refractivity contribution in [3.63, 3.8) is 0 Å². The summed E-state index contributed by atoms with van der Waals surface area (Å²) in [5, 5.41) is 0. The van der Waals surface area contributed by atoms with Crippen LogP contribution in [0.1, 0.15) is 11.1 Å². The molecule has 0 bridgehead atoms. The minimum absolute atomic E-state index is 0.497. The molecule has 1 aromatic heterocycles. The molecule has 2 aromatic carbocycles. The van der Waals surface area contributed by atoms with Crippen molar-refractivity contribution in [2.75, 3.05) is 0 Å². The van der Waals surface area contributed by atoms with E-state index in [0.717, 1.165) is 16.7 Å². The SMILES string of the molecule is O=[C]c1ccc(-c2ccc(OCc3ccccc3)nc2)cc1. The first-order chi connectivity index (χ1) is 10.8. The lowest BCUT2D eigenvalue weighted by Crippen LogP contribution is -1.96. The van der Waals surface area contributed by atoms with Gasteiger partial charge < -0.3 is 4.74 Å². The van der Waals surface area contributed by atoms with Gasteiger partial charge in [0.25, 0.3) is 0 Å². The highest BCUT2D eigenvalue weighted by atomic mass is 16.5. The predicted molar refractivity (Wildman–Crippen MR) is 85.2 cm³/mol. The van der Waals surface area contributed by atoms with Crippen LogP contribution in [0.5, 0.6) is 5.88 Å². The van der Waals surface area contributed by atoms with E-state index in [1.165, 1.54) is 0 Å². The molecule has 107 valence electrons. The van der Waals surface area contributed by atoms with E-state index in [4.69, 9.17) is 4.74 Å². The van der Waals surface area contributed by atoms with Crippen molar-refractivity contribution < 1.29 is 9.53 Å². The van der Waals surface area contributed by atoms with Gasteiger partial charge in [0.1, 0.15) is 6.61 Å². The summed E-state index contributed by atoms with van der Waals surface area (Å²) in [5.41, 5.74) is 3.62. The Balaban J connectivity index is 1.68. The topological polar surface area (TPSA) is 39.2 Å². The Hall–Kier alpha value is -2.94. The molecule has 0 aliphatic heterocycles. The number of carbonyl (C=O) groups excluding carboxylic acids is 1. The maximum absolute atomic E-state index is 10.5. The smallest absolute Gasteiger partial charge is 0.233 e. The molecule has 0 aliphatic carbocycles. The van der Waals surface area contributed by atoms with Crippen LogP contribution >= 0.6 is 0 Å². The van der Waals surface area contributed by atoms with E-state index < -0.39 is 0 Å². The quantitative estimate of drug-likeness (QED) is 0.717. The molecule has 3 nitrogen and oxygen atoms in total. The summed E-state index contributed by atoms with van der Waals surface area (Å²) < 4.78 is 5.66. The maximum Gasteiger partial charge on any atom is 0.233 e. The Kier molecular flexibility index (Phi) is 4.25. The van der Waals surface area contributed by atoms with E-state index in [1.807, 2.05) is 60.9 Å². The normalized spacial score (nSPS) is 10.2. The largest absolute Gasteiger partial charge is 0.473 e. The first kappa shape index (κ1) is 14.0. The van der Waals surface area contributed by atoms with Gasteiger partial charge >= 0.3 is 0 Å². The van der Waals surface area contributed by atoms with Gasteiger partial charge in [0.15, 0.2) is 0 Å². The minimum atomic E-state index is 0.497. The molecule has 3 heteroatoms. The van der Waals surface area contributed by atoms with Crippen LogP contribution < -0.4 is 4.74 Å². The molecule has 3 rings (SSSR count). The van der Waals surface area contributed by atoms with Gasteiger partial charge in [-0.25, -0.2) is 4.98 Å². The fraction of sp³-hybridized carbons (Fsp3) is 0.0526. The van der Waals surface area contributed by atoms with Crippen molar-refractivity contribution in [3.05, 3.63) is 84.1 Å². The zero-order valence-electron chi connectivity index (χ0n) is 11.9. The first-order valence-electron chi connectivity index (χ1n) is 6.96. The molecule has 0 saturated carbocycles. The average Bonchev–Trinajstić information content (AvgIpc) is 2.61. The standard InChI is InChI=1S/C19H14NO2/c21-13-15-6-8-17(9-7-15)18-10-11-19(20-12-18)22-14-16-4-2-1-3-5-16/h1-12H,14H2. The summed E-state index contributed by atoms with van der Waals surface area (Å²) in [6.07, 6.45) is 3.63. The number of hydrogen-bond acceptors (Lipinski definition) is 3. The summed E-state index contributed by atoms with van der Waals surface area (Å²) in [7, 11) is 0. The second kappa shape index (κ2) is 6.68. The molecule has 0 spiro atoms. The second-order valence-corrected chi connectivity index (χ2v) is 4.84. The average molecular weight is 288 g/mol. The van der Waals surface area contributed by atoms with Crippen molar-refractivity contribution >= 4 is 6.29 Å². The van der Waals surface area contributed by atoms with Gasteiger partial charge in [0.05, 0.1) is 0 Å². The van der Waals surface area contributed by atoms with Gasteiger partial charge in [-0.05, 0) is 17.2 Å². The lowest BCUT2D eigenvalue weighted by Gasteiger charge is -2.06. The zero-order chi connectivity index (χ0) is 15.2. The first-order valence-corrected chi connectivity index (χ1v) is 6.96. The van der Waals surface area contributed by atoms with Gasteiger partial charge in [0, 0.05) is 23.4 Å². The lowest BCUT2D eigenvalue weighted by atomic mass is 10.1. The van der Waals surface area contributed by atoms with E-state index in [0.29, 0.717) is 18.1 Å². The summed E-state index contributed by atoms with van der Waals surface area (Å²) >= 11 is 0. The Morgan fingerprint density at radius 2 is 1.59 bits per heavy atom. The van der Waals surface area contributed by atoms with Crippen LogP contribution in [-0.4, -0.2) is 11.3 Å². The van der Waals surface area contributed by atoms with Gasteiger partial charge in [-0.3, -0.25) is 4.79 Å². The van der Waals surface area contributed by atoms with E-state index >= 15 is 0 Å². The number of benzene rings is 2. The Morgan fingerprint density at radius 3 is 2.23 bits per heavy atom. The van der Waals surface area contributed by atoms with Crippen molar-refractivity contribution in [1.82, 2.24) is 4.98 Å². The highest BCUT2D eigenvalue weighted by Crippen LogP contribution is 2.21. The third-order valence-corrected chi connectivity index (χ3v) is 3.30. The molecule has 0 fully saturated rings. The molecule has 0 saturated heterocycles. The van der Waals surface area contributed by atoms with Crippen LogP contribution in [0.25, 0.3) is 11.1 Å². The van der Waals surface area contributed by atoms with Crippen LogP contribution in [0.3, 0.4) is 0 Å². The van der Waals surface area contributed by atoms with Crippen molar-refractivity contribution in [2.24, 2.45) is 0 Å². The predicted octanol–water partition coefficient (Wildman–Crippen LogP) is 3.79. The monoisotopic (exact) mass is 288 g/mol. The molecule has 0 N–H and O–H groups in total. The van der Waals surface area contributed by atoms with E-state index in [2.05, 4.69) is 4.98 Å². The Labute approximate surface area is 129 Å². The lowest BCUT2D eigenvalue weighted by molar-refractivity contribution is 0.294. The van der Waals surface area contributed by atoms with E-state index in [9.17, 15) is 4.79 Å². The second-order valence-electron chi connectivity index (χ2n) is 4.84. The summed E-state index contributed by atoms with van der Waals surface area (Å²) in [5.74, 6) is 0.588. The van der Waals surface area contributed by atoms with Crippen molar-refractivity contribution in [1.29, 1.82) is 0 Å². The highest BCUT2D eigenvalue weighted by Gasteiger charge is 2.01. The summed E-state index contributed by atoms with van der Waals surface area (Å²) in [6, 6.07) is 21.0. The molecule has 0 aliphatic rings. The summed E-state index contributed by atoms with van der Waals surface area (Å²) in [6.45, 7) is 0.497. The van der Waals surface area contributed by atoms with Crippen molar-refractivity contribution in [3.8, 4) is 17.0 Å².